The number of guanidine groups is 1. The Bertz CT molecular complexity index is 802. The van der Waals surface area contributed by atoms with Crippen LogP contribution in [0.1, 0.15) is 66.9 Å². The Balaban J connectivity index is 0.00000450. The van der Waals surface area contributed by atoms with Crippen LogP contribution in [0.2, 0.25) is 0 Å². The first-order valence-electron chi connectivity index (χ1n) is 10.4. The van der Waals surface area contributed by atoms with Gasteiger partial charge in [0.2, 0.25) is 0 Å². The summed E-state index contributed by atoms with van der Waals surface area (Å²) < 4.78 is 5.42. The van der Waals surface area contributed by atoms with Crippen molar-refractivity contribution >= 4 is 35.8 Å². The Labute approximate surface area is 196 Å². The highest BCUT2D eigenvalue weighted by molar-refractivity contribution is 14.0. The number of carbonyl (C=O) groups excluding carboxylic acids is 1. The van der Waals surface area contributed by atoms with Crippen LogP contribution in [0.4, 0.5) is 0 Å². The molecule has 0 aliphatic rings. The number of nitrogens with zero attached hydrogens (tertiary/aromatic N) is 2. The van der Waals surface area contributed by atoms with Gasteiger partial charge in [-0.3, -0.25) is 4.79 Å². The second kappa shape index (κ2) is 14.0. The Morgan fingerprint density at radius 1 is 1.10 bits per heavy atom. The second-order valence-electron chi connectivity index (χ2n) is 6.98. The van der Waals surface area contributed by atoms with Crippen molar-refractivity contribution in [1.82, 2.24) is 21.1 Å². The third-order valence-corrected chi connectivity index (χ3v) is 4.70. The molecule has 1 aromatic heterocycles. The molecule has 30 heavy (non-hydrogen) atoms. The molecule has 1 heterocycles. The maximum Gasteiger partial charge on any atom is 0.251 e. The van der Waals surface area contributed by atoms with Gasteiger partial charge >= 0.3 is 0 Å². The maximum absolute atomic E-state index is 12.2. The number of carbonyl (C=O) groups is 1. The van der Waals surface area contributed by atoms with E-state index in [-0.39, 0.29) is 29.9 Å². The van der Waals surface area contributed by atoms with Crippen LogP contribution in [0.5, 0.6) is 0 Å². The molecule has 0 aliphatic heterocycles. The minimum atomic E-state index is -0.0759. The lowest BCUT2D eigenvalue weighted by molar-refractivity contribution is 0.0954. The van der Waals surface area contributed by atoms with E-state index in [9.17, 15) is 4.79 Å². The number of benzene rings is 1. The number of amides is 1. The molecule has 2 rings (SSSR count). The molecule has 0 saturated carbocycles. The molecule has 0 radical (unpaired) electrons. The molecule has 1 aromatic carbocycles. The number of rotatable bonds is 10. The molecule has 1 amide bonds. The van der Waals surface area contributed by atoms with Crippen LogP contribution >= 0.6 is 24.0 Å². The number of hydrogen-bond acceptors (Lipinski definition) is 4. The zero-order valence-corrected chi connectivity index (χ0v) is 20.7. The standard InChI is InChI=1S/C22H33N5O2.HI/c1-5-17(6-2)20-14-19(29-27-20)15-26-22(23-7-3)25-12-11-24-21(28)18-10-8-9-16(4)13-18;/h8-10,13-14,17H,5-7,11-12,15H2,1-4H3,(H,24,28)(H2,23,25,26);1H. The van der Waals surface area contributed by atoms with Gasteiger partial charge in [-0.15, -0.1) is 24.0 Å². The van der Waals surface area contributed by atoms with E-state index in [4.69, 9.17) is 4.52 Å². The van der Waals surface area contributed by atoms with Crippen LogP contribution in [0.15, 0.2) is 39.8 Å². The van der Waals surface area contributed by atoms with Gasteiger partial charge in [-0.05, 0) is 38.8 Å². The average molecular weight is 527 g/mol. The molecule has 2 aromatic rings. The highest BCUT2D eigenvalue weighted by Crippen LogP contribution is 2.22. The third-order valence-electron chi connectivity index (χ3n) is 4.70. The first-order valence-corrected chi connectivity index (χ1v) is 10.4. The smallest absolute Gasteiger partial charge is 0.251 e. The average Bonchev–Trinajstić information content (AvgIpc) is 3.18. The van der Waals surface area contributed by atoms with E-state index in [0.717, 1.165) is 36.4 Å². The third kappa shape index (κ3) is 8.33. The molecule has 166 valence electrons. The van der Waals surface area contributed by atoms with Crippen LogP contribution in [-0.2, 0) is 6.54 Å². The summed E-state index contributed by atoms with van der Waals surface area (Å²) in [6.45, 7) is 10.5. The minimum Gasteiger partial charge on any atom is -0.359 e. The number of nitrogens with one attached hydrogen (secondary N) is 3. The summed E-state index contributed by atoms with van der Waals surface area (Å²) in [6, 6.07) is 9.54. The number of halogens is 1. The fourth-order valence-corrected chi connectivity index (χ4v) is 3.05. The largest absolute Gasteiger partial charge is 0.359 e. The lowest BCUT2D eigenvalue weighted by atomic mass is 9.99. The molecule has 7 nitrogen and oxygen atoms in total. The Hall–Kier alpha value is -2.10. The van der Waals surface area contributed by atoms with E-state index >= 15 is 0 Å². The Kier molecular flexibility index (Phi) is 12.1. The van der Waals surface area contributed by atoms with E-state index in [1.165, 1.54) is 0 Å². The van der Waals surface area contributed by atoms with Crippen LogP contribution in [-0.4, -0.2) is 36.7 Å². The van der Waals surface area contributed by atoms with Crippen molar-refractivity contribution < 1.29 is 9.32 Å². The van der Waals surface area contributed by atoms with Gasteiger partial charge < -0.3 is 20.5 Å². The van der Waals surface area contributed by atoms with Gasteiger partial charge in [0.25, 0.3) is 5.91 Å². The van der Waals surface area contributed by atoms with Gasteiger partial charge in [0.15, 0.2) is 11.7 Å². The SMILES string of the molecule is CCNC(=NCc1cc(C(CC)CC)no1)NCCNC(=O)c1cccc(C)c1.I. The van der Waals surface area contributed by atoms with Gasteiger partial charge in [-0.2, -0.15) is 0 Å². The fraction of sp³-hybridized carbons (Fsp3) is 0.500. The predicted octanol–water partition coefficient (Wildman–Crippen LogP) is 3.99. The summed E-state index contributed by atoms with van der Waals surface area (Å²) in [5.74, 6) is 1.78. The van der Waals surface area contributed by atoms with Crippen molar-refractivity contribution in [2.24, 2.45) is 4.99 Å². The molecular formula is C22H34IN5O2. The molecule has 0 bridgehead atoms. The van der Waals surface area contributed by atoms with E-state index < -0.39 is 0 Å². The van der Waals surface area contributed by atoms with Crippen LogP contribution in [0, 0.1) is 6.92 Å². The van der Waals surface area contributed by atoms with Crippen LogP contribution in [0.25, 0.3) is 0 Å². The monoisotopic (exact) mass is 527 g/mol. The molecule has 0 atom stereocenters. The summed E-state index contributed by atoms with van der Waals surface area (Å²) in [5.41, 5.74) is 2.73. The summed E-state index contributed by atoms with van der Waals surface area (Å²) in [4.78, 5) is 16.7. The maximum atomic E-state index is 12.2. The van der Waals surface area contributed by atoms with Gasteiger partial charge in [-0.25, -0.2) is 4.99 Å². The molecule has 3 N–H and O–H groups in total. The van der Waals surface area contributed by atoms with Crippen molar-refractivity contribution in [3.63, 3.8) is 0 Å². The number of aryl methyl sites for hydroxylation is 1. The first kappa shape index (κ1) is 25.9. The van der Waals surface area contributed by atoms with Crippen molar-refractivity contribution in [1.29, 1.82) is 0 Å². The van der Waals surface area contributed by atoms with E-state index in [1.54, 1.807) is 0 Å². The molecule has 8 heteroatoms. The summed E-state index contributed by atoms with van der Waals surface area (Å²) in [6.07, 6.45) is 2.09. The van der Waals surface area contributed by atoms with E-state index in [2.05, 4.69) is 39.9 Å². The quantitative estimate of drug-likeness (QED) is 0.188. The zero-order chi connectivity index (χ0) is 21.1. The second-order valence-corrected chi connectivity index (χ2v) is 6.98. The van der Waals surface area contributed by atoms with Crippen molar-refractivity contribution in [3.8, 4) is 0 Å². The van der Waals surface area contributed by atoms with E-state index in [0.29, 0.717) is 37.1 Å². The first-order chi connectivity index (χ1) is 14.1. The molecule has 0 unspecified atom stereocenters. The number of aliphatic imine (C=N–C) groups is 1. The molecule has 0 spiro atoms. The lowest BCUT2D eigenvalue weighted by Gasteiger charge is -2.11. The molecule has 0 aliphatic carbocycles. The van der Waals surface area contributed by atoms with Gasteiger partial charge in [0.05, 0.1) is 5.69 Å². The minimum absolute atomic E-state index is 0. The van der Waals surface area contributed by atoms with Crippen LogP contribution in [0.3, 0.4) is 0 Å². The van der Waals surface area contributed by atoms with Gasteiger partial charge in [-0.1, -0.05) is 36.7 Å². The summed E-state index contributed by atoms with van der Waals surface area (Å²) in [5, 5.41) is 13.5. The number of hydrogen-bond donors (Lipinski definition) is 3. The lowest BCUT2D eigenvalue weighted by Crippen LogP contribution is -2.41. The van der Waals surface area contributed by atoms with Crippen LogP contribution < -0.4 is 16.0 Å². The van der Waals surface area contributed by atoms with Crippen molar-refractivity contribution in [2.75, 3.05) is 19.6 Å². The molecule has 0 saturated heterocycles. The highest BCUT2D eigenvalue weighted by Gasteiger charge is 2.12. The highest BCUT2D eigenvalue weighted by atomic mass is 127. The number of aromatic nitrogens is 1. The normalized spacial score (nSPS) is 11.2. The summed E-state index contributed by atoms with van der Waals surface area (Å²) >= 11 is 0. The van der Waals surface area contributed by atoms with Gasteiger partial charge in [0, 0.05) is 37.2 Å². The Morgan fingerprint density at radius 3 is 2.50 bits per heavy atom. The Morgan fingerprint density at radius 2 is 1.83 bits per heavy atom. The zero-order valence-electron chi connectivity index (χ0n) is 18.3. The van der Waals surface area contributed by atoms with Crippen molar-refractivity contribution in [2.45, 2.75) is 53.0 Å². The molecule has 0 fully saturated rings. The van der Waals surface area contributed by atoms with Crippen molar-refractivity contribution in [3.05, 3.63) is 52.9 Å². The molecular weight excluding hydrogens is 493 g/mol. The van der Waals surface area contributed by atoms with Gasteiger partial charge in [0.1, 0.15) is 6.54 Å². The predicted molar refractivity (Wildman–Crippen MR) is 132 cm³/mol. The summed E-state index contributed by atoms with van der Waals surface area (Å²) in [7, 11) is 0. The topological polar surface area (TPSA) is 91.6 Å². The fourth-order valence-electron chi connectivity index (χ4n) is 3.05. The van der Waals surface area contributed by atoms with E-state index in [1.807, 2.05) is 44.2 Å².